The molecule has 3 aromatic rings. The van der Waals surface area contributed by atoms with Crippen LogP contribution in [-0.4, -0.2) is 35.4 Å². The van der Waals surface area contributed by atoms with E-state index in [4.69, 9.17) is 14.2 Å². The largest absolute Gasteiger partial charge is 0.493 e. The maximum Gasteiger partial charge on any atom is 0.337 e. The van der Waals surface area contributed by atoms with E-state index in [0.717, 1.165) is 57.2 Å². The molecule has 1 aliphatic heterocycles. The second-order valence-electron chi connectivity index (χ2n) is 9.09. The first-order chi connectivity index (χ1) is 15.7. The smallest absolute Gasteiger partial charge is 0.337 e. The van der Waals surface area contributed by atoms with E-state index in [1.807, 2.05) is 52.0 Å². The van der Waals surface area contributed by atoms with E-state index in [1.165, 1.54) is 0 Å². The van der Waals surface area contributed by atoms with Gasteiger partial charge in [-0.15, -0.1) is 11.3 Å². The first kappa shape index (κ1) is 23.3. The van der Waals surface area contributed by atoms with Crippen LogP contribution in [0.25, 0.3) is 21.6 Å². The van der Waals surface area contributed by atoms with Gasteiger partial charge in [0.2, 0.25) is 5.88 Å². The number of benzene rings is 1. The fraction of sp³-hybridized carbons (Fsp3) is 0.385. The van der Waals surface area contributed by atoms with Crippen molar-refractivity contribution < 1.29 is 24.1 Å². The maximum absolute atomic E-state index is 12.4. The van der Waals surface area contributed by atoms with Crippen molar-refractivity contribution in [2.24, 2.45) is 0 Å². The number of fused-ring (bicyclic) bond motifs is 1. The number of aliphatic carboxylic acids is 1. The Kier molecular flexibility index (Phi) is 6.45. The molecule has 1 atom stereocenters. The topological polar surface area (TPSA) is 77.9 Å². The number of nitrogens with zero attached hydrogens (tertiary/aromatic N) is 1. The molecule has 1 aromatic carbocycles. The molecule has 1 aliphatic rings. The summed E-state index contributed by atoms with van der Waals surface area (Å²) in [5.74, 6) is 0.393. The van der Waals surface area contributed by atoms with Gasteiger partial charge in [-0.1, -0.05) is 6.07 Å². The van der Waals surface area contributed by atoms with Crippen LogP contribution < -0.4 is 9.47 Å². The third-order valence-corrected chi connectivity index (χ3v) is 6.66. The summed E-state index contributed by atoms with van der Waals surface area (Å²) in [6, 6.07) is 9.91. The highest BCUT2D eigenvalue weighted by Crippen LogP contribution is 2.48. The molecule has 0 fully saturated rings. The molecule has 33 heavy (non-hydrogen) atoms. The molecule has 3 heterocycles. The first-order valence-electron chi connectivity index (χ1n) is 11.0. The average Bonchev–Trinajstić information content (AvgIpc) is 3.13. The van der Waals surface area contributed by atoms with Gasteiger partial charge in [-0.25, -0.2) is 9.78 Å². The molecule has 0 radical (unpaired) electrons. The van der Waals surface area contributed by atoms with E-state index in [0.29, 0.717) is 11.4 Å². The highest BCUT2D eigenvalue weighted by molar-refractivity contribution is 7.16. The monoisotopic (exact) mass is 467 g/mol. The third-order valence-electron chi connectivity index (χ3n) is 5.49. The molecule has 2 aromatic heterocycles. The number of ether oxygens (including phenoxy) is 3. The van der Waals surface area contributed by atoms with Gasteiger partial charge in [0, 0.05) is 33.1 Å². The quantitative estimate of drug-likeness (QED) is 0.475. The standard InChI is InChI=1S/C26H29NO5S/c1-15-21(23(25(28)29)32-26(2,3)4)22(17-8-9-19-16(13-17)7-6-12-31-19)24(33-15)18-10-11-27-20(14-18)30-5/h8-11,13-14,23H,6-7,12H2,1-5H3,(H,28,29). The molecule has 6 nitrogen and oxygen atoms in total. The fourth-order valence-electron chi connectivity index (χ4n) is 4.13. The second-order valence-corrected chi connectivity index (χ2v) is 10.3. The Hall–Kier alpha value is -2.90. The first-order valence-corrected chi connectivity index (χ1v) is 11.8. The summed E-state index contributed by atoms with van der Waals surface area (Å²) in [5.41, 5.74) is 3.94. The number of hydrogen-bond acceptors (Lipinski definition) is 6. The zero-order valence-electron chi connectivity index (χ0n) is 19.6. The van der Waals surface area contributed by atoms with E-state index in [-0.39, 0.29) is 0 Å². The number of carbonyl (C=O) groups is 1. The Labute approximate surface area is 198 Å². The lowest BCUT2D eigenvalue weighted by Crippen LogP contribution is -2.27. The summed E-state index contributed by atoms with van der Waals surface area (Å²) in [5, 5.41) is 10.2. The van der Waals surface area contributed by atoms with Gasteiger partial charge >= 0.3 is 5.97 Å². The lowest BCUT2D eigenvalue weighted by atomic mass is 9.92. The van der Waals surface area contributed by atoms with Crippen LogP contribution in [-0.2, 0) is 16.0 Å². The number of carboxylic acid groups (broad SMARTS) is 1. The highest BCUT2D eigenvalue weighted by atomic mass is 32.1. The molecule has 0 bridgehead atoms. The molecule has 174 valence electrons. The van der Waals surface area contributed by atoms with Gasteiger partial charge in [0.1, 0.15) is 5.75 Å². The summed E-state index contributed by atoms with van der Waals surface area (Å²) in [6.45, 7) is 8.28. The van der Waals surface area contributed by atoms with Crippen LogP contribution >= 0.6 is 11.3 Å². The van der Waals surface area contributed by atoms with Crippen molar-refractivity contribution in [1.82, 2.24) is 4.98 Å². The van der Waals surface area contributed by atoms with Crippen molar-refractivity contribution in [1.29, 1.82) is 0 Å². The van der Waals surface area contributed by atoms with Gasteiger partial charge in [0.25, 0.3) is 0 Å². The number of aromatic nitrogens is 1. The van der Waals surface area contributed by atoms with Gasteiger partial charge in [-0.05, 0) is 75.4 Å². The van der Waals surface area contributed by atoms with Crippen LogP contribution in [0, 0.1) is 6.92 Å². The number of methoxy groups -OCH3 is 1. The Morgan fingerprint density at radius 2 is 2.00 bits per heavy atom. The lowest BCUT2D eigenvalue weighted by Gasteiger charge is -2.26. The number of thiophene rings is 1. The maximum atomic E-state index is 12.4. The number of pyridine rings is 1. The molecule has 1 N–H and O–H groups in total. The number of carboxylic acids is 1. The van der Waals surface area contributed by atoms with Crippen LogP contribution in [0.3, 0.4) is 0 Å². The number of hydrogen-bond donors (Lipinski definition) is 1. The predicted octanol–water partition coefficient (Wildman–Crippen LogP) is 6.06. The highest BCUT2D eigenvalue weighted by Gasteiger charge is 2.34. The van der Waals surface area contributed by atoms with E-state index in [9.17, 15) is 9.90 Å². The summed E-state index contributed by atoms with van der Waals surface area (Å²) in [4.78, 5) is 18.5. The van der Waals surface area contributed by atoms with Crippen molar-refractivity contribution in [3.8, 4) is 33.2 Å². The molecule has 0 aliphatic carbocycles. The zero-order chi connectivity index (χ0) is 23.8. The van der Waals surface area contributed by atoms with Crippen LogP contribution in [0.15, 0.2) is 36.5 Å². The van der Waals surface area contributed by atoms with E-state index in [1.54, 1.807) is 24.6 Å². The zero-order valence-corrected chi connectivity index (χ0v) is 20.4. The van der Waals surface area contributed by atoms with Gasteiger partial charge in [0.15, 0.2) is 6.10 Å². The van der Waals surface area contributed by atoms with Crippen LogP contribution in [0.4, 0.5) is 0 Å². The Morgan fingerprint density at radius 1 is 1.21 bits per heavy atom. The molecule has 0 saturated carbocycles. The van der Waals surface area contributed by atoms with Crippen molar-refractivity contribution in [2.75, 3.05) is 13.7 Å². The van der Waals surface area contributed by atoms with E-state index in [2.05, 4.69) is 11.1 Å². The Morgan fingerprint density at radius 3 is 2.70 bits per heavy atom. The molecule has 1 unspecified atom stereocenters. The molecular weight excluding hydrogens is 438 g/mol. The van der Waals surface area contributed by atoms with E-state index < -0.39 is 17.7 Å². The third kappa shape index (κ3) is 4.89. The lowest BCUT2D eigenvalue weighted by molar-refractivity contribution is -0.160. The Bertz CT molecular complexity index is 1180. The van der Waals surface area contributed by atoms with Crippen LogP contribution in [0.5, 0.6) is 11.6 Å². The van der Waals surface area contributed by atoms with Gasteiger partial charge < -0.3 is 19.3 Å². The summed E-state index contributed by atoms with van der Waals surface area (Å²) >= 11 is 1.56. The summed E-state index contributed by atoms with van der Waals surface area (Å²) < 4.78 is 17.2. The Balaban J connectivity index is 1.97. The second kappa shape index (κ2) is 9.15. The van der Waals surface area contributed by atoms with E-state index >= 15 is 0 Å². The number of rotatable bonds is 6. The van der Waals surface area contributed by atoms with Crippen molar-refractivity contribution >= 4 is 17.3 Å². The summed E-state index contributed by atoms with van der Waals surface area (Å²) in [7, 11) is 1.58. The van der Waals surface area contributed by atoms with Crippen LogP contribution in [0.2, 0.25) is 0 Å². The van der Waals surface area contributed by atoms with Gasteiger partial charge in [-0.3, -0.25) is 0 Å². The number of aryl methyl sites for hydroxylation is 2. The average molecular weight is 468 g/mol. The molecule has 0 saturated heterocycles. The predicted molar refractivity (Wildman–Crippen MR) is 129 cm³/mol. The fourth-order valence-corrected chi connectivity index (χ4v) is 5.33. The molecule has 0 amide bonds. The molecular formula is C26H29NO5S. The molecule has 4 rings (SSSR count). The molecule has 0 spiro atoms. The summed E-state index contributed by atoms with van der Waals surface area (Å²) in [6.07, 6.45) is 2.50. The van der Waals surface area contributed by atoms with Gasteiger partial charge in [0.05, 0.1) is 19.3 Å². The molecule has 7 heteroatoms. The normalized spacial score (nSPS) is 14.3. The van der Waals surface area contributed by atoms with Crippen molar-refractivity contribution in [3.63, 3.8) is 0 Å². The minimum atomic E-state index is -1.10. The van der Waals surface area contributed by atoms with Crippen molar-refractivity contribution in [2.45, 2.75) is 52.2 Å². The van der Waals surface area contributed by atoms with Crippen LogP contribution in [0.1, 0.15) is 49.3 Å². The minimum absolute atomic E-state index is 0.505. The van der Waals surface area contributed by atoms with Gasteiger partial charge in [-0.2, -0.15) is 0 Å². The minimum Gasteiger partial charge on any atom is -0.493 e. The van der Waals surface area contributed by atoms with Crippen molar-refractivity contribution in [3.05, 3.63) is 52.5 Å². The SMILES string of the molecule is COc1cc(-c2sc(C)c(C(OC(C)(C)C)C(=O)O)c2-c2ccc3c(c2)CCCO3)ccn1.